The highest BCUT2D eigenvalue weighted by Gasteiger charge is 2.44. The monoisotopic (exact) mass is 754 g/mol. The molecule has 0 bridgehead atoms. The summed E-state index contributed by atoms with van der Waals surface area (Å²) in [5.41, 5.74) is 0.841. The van der Waals surface area contributed by atoms with Crippen LogP contribution in [-0.4, -0.2) is 94.3 Å². The van der Waals surface area contributed by atoms with Gasteiger partial charge in [0.2, 0.25) is 10.0 Å². The van der Waals surface area contributed by atoms with Crippen molar-refractivity contribution in [1.82, 2.24) is 9.62 Å². The standard InChI is InChI=1S/C36H55N2O11PS/c1-5-7-18-47-50(41,48-19-8-6-2)26-46-29-15-12-16-30(22-29)51(42,43)38(23-27(3)4)24-33(39)32(21-28-13-10-9-11-14-28)37-36(40)49-34-25-45-35-31(34)17-20-44-35/h9-16,22,27,31-35,39H,5-8,17-21,23-26H2,1-4H3,(H,37,40)/t31-,32-,33+,34-,35+/m0/s1. The van der Waals surface area contributed by atoms with Crippen molar-refractivity contribution >= 4 is 23.7 Å². The molecule has 0 spiro atoms. The first-order chi connectivity index (χ1) is 24.4. The summed E-state index contributed by atoms with van der Waals surface area (Å²) in [6.07, 6.45) is 0.792. The smallest absolute Gasteiger partial charge is 0.407 e. The lowest BCUT2D eigenvalue weighted by Gasteiger charge is -2.31. The second kappa shape index (κ2) is 20.1. The van der Waals surface area contributed by atoms with Crippen molar-refractivity contribution in [1.29, 1.82) is 0 Å². The van der Waals surface area contributed by atoms with Gasteiger partial charge in [-0.3, -0.25) is 4.57 Å². The summed E-state index contributed by atoms with van der Waals surface area (Å²) in [6, 6.07) is 14.3. The van der Waals surface area contributed by atoms with E-state index in [0.29, 0.717) is 25.9 Å². The van der Waals surface area contributed by atoms with Gasteiger partial charge >= 0.3 is 13.7 Å². The number of carbonyl (C=O) groups is 1. The topological polar surface area (TPSA) is 159 Å². The van der Waals surface area contributed by atoms with Gasteiger partial charge in [0.05, 0.1) is 49.4 Å². The van der Waals surface area contributed by atoms with Crippen molar-refractivity contribution in [3.05, 3.63) is 60.2 Å². The van der Waals surface area contributed by atoms with Gasteiger partial charge in [-0.1, -0.05) is 76.9 Å². The Morgan fingerprint density at radius 3 is 2.39 bits per heavy atom. The highest BCUT2D eigenvalue weighted by Crippen LogP contribution is 2.48. The normalized spacial score (nSPS) is 20.3. The molecule has 2 fully saturated rings. The fraction of sp³-hybridized carbons (Fsp3) is 0.639. The zero-order valence-electron chi connectivity index (χ0n) is 30.2. The number of carbonyl (C=O) groups excluding carboxylic acids is 1. The van der Waals surface area contributed by atoms with E-state index in [-0.39, 0.29) is 68.2 Å². The van der Waals surface area contributed by atoms with Crippen LogP contribution in [0.1, 0.15) is 65.4 Å². The van der Waals surface area contributed by atoms with Crippen LogP contribution in [0.5, 0.6) is 5.75 Å². The van der Waals surface area contributed by atoms with Crippen LogP contribution < -0.4 is 10.1 Å². The minimum Gasteiger partial charge on any atom is -0.481 e. The molecule has 2 aromatic rings. The molecular weight excluding hydrogens is 699 g/mol. The van der Waals surface area contributed by atoms with E-state index in [1.807, 2.05) is 58.0 Å². The summed E-state index contributed by atoms with van der Waals surface area (Å²) in [4.78, 5) is 13.1. The molecule has 0 unspecified atom stereocenters. The minimum absolute atomic E-state index is 0.0613. The van der Waals surface area contributed by atoms with Crippen molar-refractivity contribution < 1.29 is 50.9 Å². The Morgan fingerprint density at radius 1 is 1.02 bits per heavy atom. The number of nitrogens with one attached hydrogen (secondary N) is 1. The van der Waals surface area contributed by atoms with E-state index in [1.165, 1.54) is 22.5 Å². The van der Waals surface area contributed by atoms with Gasteiger partial charge in [0.25, 0.3) is 0 Å². The third-order valence-electron chi connectivity index (χ3n) is 8.67. The number of ether oxygens (including phenoxy) is 4. The molecule has 2 aliphatic heterocycles. The van der Waals surface area contributed by atoms with Crippen LogP contribution >= 0.6 is 7.60 Å². The lowest BCUT2D eigenvalue weighted by molar-refractivity contribution is -0.0907. The predicted molar refractivity (Wildman–Crippen MR) is 192 cm³/mol. The minimum atomic E-state index is -4.18. The van der Waals surface area contributed by atoms with E-state index in [4.69, 9.17) is 28.0 Å². The molecule has 0 aromatic heterocycles. The number of alkyl carbamates (subject to hydrolysis) is 1. The van der Waals surface area contributed by atoms with E-state index < -0.39 is 48.3 Å². The van der Waals surface area contributed by atoms with Crippen molar-refractivity contribution in [2.24, 2.45) is 11.8 Å². The first-order valence-corrected chi connectivity index (χ1v) is 21.1. The van der Waals surface area contributed by atoms with Gasteiger partial charge < -0.3 is 38.4 Å². The fourth-order valence-corrected chi connectivity index (χ4v) is 8.87. The highest BCUT2D eigenvalue weighted by atomic mass is 32.2. The van der Waals surface area contributed by atoms with Crippen LogP contribution in [0, 0.1) is 11.8 Å². The van der Waals surface area contributed by atoms with Gasteiger partial charge in [-0.15, -0.1) is 0 Å². The van der Waals surface area contributed by atoms with Gasteiger partial charge in [0.15, 0.2) is 12.6 Å². The fourth-order valence-electron chi connectivity index (χ4n) is 5.87. The van der Waals surface area contributed by atoms with E-state index >= 15 is 0 Å². The maximum atomic E-state index is 14.2. The Hall–Kier alpha value is -2.55. The number of aliphatic hydroxyl groups excluding tert-OH is 1. The van der Waals surface area contributed by atoms with Crippen molar-refractivity contribution in [3.8, 4) is 5.75 Å². The Morgan fingerprint density at radius 2 is 1.73 bits per heavy atom. The molecule has 0 saturated carbocycles. The van der Waals surface area contributed by atoms with E-state index in [1.54, 1.807) is 6.07 Å². The number of nitrogens with zero attached hydrogens (tertiary/aromatic N) is 1. The molecule has 2 heterocycles. The molecule has 5 atom stereocenters. The zero-order chi connectivity index (χ0) is 36.9. The number of amides is 1. The summed E-state index contributed by atoms with van der Waals surface area (Å²) in [6.45, 7) is 8.80. The SMILES string of the molecule is CCCCOP(=O)(COc1cccc(S(=O)(=O)N(CC(C)C)C[C@@H](O)[C@H](Cc2ccccc2)NC(=O)O[C@H]2CO[C@H]3OCC[C@H]32)c1)OCCCC. The quantitative estimate of drug-likeness (QED) is 0.108. The van der Waals surface area contributed by atoms with Crippen LogP contribution in [0.4, 0.5) is 4.79 Å². The molecule has 4 rings (SSSR count). The maximum Gasteiger partial charge on any atom is 0.407 e. The van der Waals surface area contributed by atoms with Crippen molar-refractivity contribution in [2.45, 2.75) is 95.7 Å². The van der Waals surface area contributed by atoms with Gasteiger partial charge in [-0.2, -0.15) is 4.31 Å². The molecule has 13 nitrogen and oxygen atoms in total. The Balaban J connectivity index is 1.49. The van der Waals surface area contributed by atoms with Gasteiger partial charge in [0.1, 0.15) is 11.9 Å². The third-order valence-corrected chi connectivity index (χ3v) is 12.1. The van der Waals surface area contributed by atoms with Crippen LogP contribution in [0.15, 0.2) is 59.5 Å². The molecule has 2 aliphatic rings. The van der Waals surface area contributed by atoms with Gasteiger partial charge in [-0.25, -0.2) is 13.2 Å². The van der Waals surface area contributed by atoms with Crippen molar-refractivity contribution in [3.63, 3.8) is 0 Å². The number of hydrogen-bond acceptors (Lipinski definition) is 11. The maximum absolute atomic E-state index is 14.2. The number of rotatable bonds is 22. The largest absolute Gasteiger partial charge is 0.481 e. The number of fused-ring (bicyclic) bond motifs is 1. The van der Waals surface area contributed by atoms with Crippen molar-refractivity contribution in [2.75, 3.05) is 45.9 Å². The lowest BCUT2D eigenvalue weighted by Crippen LogP contribution is -2.51. The van der Waals surface area contributed by atoms with E-state index in [0.717, 1.165) is 18.4 Å². The summed E-state index contributed by atoms with van der Waals surface area (Å²) in [7, 11) is -7.78. The molecule has 286 valence electrons. The number of benzene rings is 2. The second-order valence-corrected chi connectivity index (χ2v) is 17.4. The number of hydrogen-bond donors (Lipinski definition) is 2. The van der Waals surface area contributed by atoms with E-state index in [9.17, 15) is 22.9 Å². The summed E-state index contributed by atoms with van der Waals surface area (Å²) >= 11 is 0. The molecule has 51 heavy (non-hydrogen) atoms. The molecule has 2 saturated heterocycles. The Labute approximate surface area is 302 Å². The molecule has 2 N–H and O–H groups in total. The molecule has 0 aliphatic carbocycles. The first kappa shape index (κ1) is 41.2. The van der Waals surface area contributed by atoms with Crippen LogP contribution in [0.25, 0.3) is 0 Å². The third kappa shape index (κ3) is 12.5. The molecule has 0 radical (unpaired) electrons. The first-order valence-electron chi connectivity index (χ1n) is 18.0. The van der Waals surface area contributed by atoms with Gasteiger partial charge in [-0.05, 0) is 49.3 Å². The molecular formula is C36H55N2O11PS. The Kier molecular flexibility index (Phi) is 16.2. The average molecular weight is 755 g/mol. The Bertz CT molecular complexity index is 1500. The number of unbranched alkanes of at least 4 members (excludes halogenated alkanes) is 2. The lowest BCUT2D eigenvalue weighted by atomic mass is 10.0. The number of aliphatic hydroxyl groups is 1. The van der Waals surface area contributed by atoms with Crippen LogP contribution in [0.2, 0.25) is 0 Å². The molecule has 15 heteroatoms. The van der Waals surface area contributed by atoms with Crippen LogP contribution in [-0.2, 0) is 44.3 Å². The second-order valence-electron chi connectivity index (χ2n) is 13.4. The average Bonchev–Trinajstić information content (AvgIpc) is 3.73. The number of sulfonamides is 1. The molecule has 2 aromatic carbocycles. The highest BCUT2D eigenvalue weighted by molar-refractivity contribution is 7.89. The molecule has 1 amide bonds. The summed E-state index contributed by atoms with van der Waals surface area (Å²) in [5.74, 6) is 0.0257. The van der Waals surface area contributed by atoms with Crippen LogP contribution in [0.3, 0.4) is 0 Å². The zero-order valence-corrected chi connectivity index (χ0v) is 31.9. The predicted octanol–water partition coefficient (Wildman–Crippen LogP) is 5.96. The van der Waals surface area contributed by atoms with Gasteiger partial charge in [0, 0.05) is 19.2 Å². The van der Waals surface area contributed by atoms with E-state index in [2.05, 4.69) is 5.32 Å². The summed E-state index contributed by atoms with van der Waals surface area (Å²) in [5, 5.41) is 14.4. The summed E-state index contributed by atoms with van der Waals surface area (Å²) < 4.78 is 76.8.